The van der Waals surface area contributed by atoms with E-state index >= 15 is 0 Å². The highest BCUT2D eigenvalue weighted by molar-refractivity contribution is 6.39. The molecule has 3 aromatic heterocycles. The van der Waals surface area contributed by atoms with Gasteiger partial charge in [-0.3, -0.25) is 18.8 Å². The van der Waals surface area contributed by atoms with Crippen LogP contribution in [-0.2, 0) is 31.4 Å². The average Bonchev–Trinajstić information content (AvgIpc) is 3.83. The lowest BCUT2D eigenvalue weighted by Gasteiger charge is -2.40. The molecule has 0 radical (unpaired) electrons. The molecule has 19 heteroatoms. The number of likely N-dealkylation sites (tertiary alicyclic amines) is 1. The minimum Gasteiger partial charge on any atom is -0.481 e. The minimum atomic E-state index is -4.99. The Hall–Kier alpha value is -5.23. The molecule has 2 saturated heterocycles. The van der Waals surface area contributed by atoms with Crippen LogP contribution in [0.3, 0.4) is 0 Å². The summed E-state index contributed by atoms with van der Waals surface area (Å²) in [5.41, 5.74) is 1.82. The Morgan fingerprint density at radius 3 is 2.37 bits per heavy atom. The summed E-state index contributed by atoms with van der Waals surface area (Å²) in [5.74, 6) is -1.54. The lowest BCUT2D eigenvalue weighted by molar-refractivity contribution is -0.144. The molecule has 2 amide bonds. The van der Waals surface area contributed by atoms with Crippen molar-refractivity contribution in [3.05, 3.63) is 90.3 Å². The number of carbonyl (C=O) groups excluding carboxylic acids is 1. The molecule has 0 saturated carbocycles. The number of rotatable bonds is 9. The van der Waals surface area contributed by atoms with Crippen LogP contribution in [0.1, 0.15) is 42.3 Å². The second-order valence-corrected chi connectivity index (χ2v) is 15.8. The lowest BCUT2D eigenvalue weighted by Crippen LogP contribution is -2.61. The van der Waals surface area contributed by atoms with Crippen molar-refractivity contribution in [3.8, 4) is 28.3 Å². The summed E-state index contributed by atoms with van der Waals surface area (Å²) < 4.78 is 54.6. The third-order valence-corrected chi connectivity index (χ3v) is 12.4. The number of methoxy groups -OCH3 is 2. The van der Waals surface area contributed by atoms with E-state index < -0.39 is 34.7 Å². The fourth-order valence-electron chi connectivity index (χ4n) is 8.53. The molecule has 5 heterocycles. The number of fused-ring (bicyclic) bond motifs is 2. The van der Waals surface area contributed by atoms with E-state index in [2.05, 4.69) is 25.5 Å². The highest BCUT2D eigenvalue weighted by atomic mass is 35.5. The van der Waals surface area contributed by atoms with Crippen molar-refractivity contribution >= 4 is 51.8 Å². The number of nitrogens with zero attached hydrogens (tertiary/aromatic N) is 7. The zero-order valence-corrected chi connectivity index (χ0v) is 34.1. The van der Waals surface area contributed by atoms with Gasteiger partial charge >= 0.3 is 17.9 Å². The third kappa shape index (κ3) is 7.17. The number of carbonyl (C=O) groups is 1. The number of benzene rings is 2. The Bertz CT molecular complexity index is 2640. The Labute approximate surface area is 345 Å². The molecular weight excluding hydrogens is 814 g/mol. The van der Waals surface area contributed by atoms with E-state index in [4.69, 9.17) is 37.7 Å². The molecule has 3 aliphatic rings. The van der Waals surface area contributed by atoms with Gasteiger partial charge < -0.3 is 25.0 Å². The van der Waals surface area contributed by atoms with E-state index in [9.17, 15) is 27.6 Å². The van der Waals surface area contributed by atoms with E-state index in [-0.39, 0.29) is 33.7 Å². The van der Waals surface area contributed by atoms with Crippen molar-refractivity contribution in [3.63, 3.8) is 0 Å². The standard InChI is InChI=1S/C40H40Cl2F3N9O5/c1-51-33-29(35(55)52(2)38(51)57)32(48-36(49-33)40(43,44)45)46-25-10-6-8-23(31(25)42)22-7-5-9-24(30(22)41)26-19-21-11-12-27(28(21)34(47-26)59-4)54-16-14-39(20-54)13-15-53(17-18-58-3)37(56)50-39/h5-10,19,27H,11-18,20H2,1-4H3,(H,50,56)(H,46,48,49)/t27-,39-/m0/s1. The van der Waals surface area contributed by atoms with Crippen LogP contribution in [0.5, 0.6) is 5.88 Å². The number of hydrogen-bond acceptors (Lipinski definition) is 10. The number of pyridine rings is 1. The van der Waals surface area contributed by atoms with Crippen LogP contribution in [0.2, 0.25) is 10.0 Å². The van der Waals surface area contributed by atoms with Gasteiger partial charge in [0.2, 0.25) is 11.7 Å². The van der Waals surface area contributed by atoms with Crippen LogP contribution in [0.4, 0.5) is 29.5 Å². The zero-order chi connectivity index (χ0) is 42.0. The summed E-state index contributed by atoms with van der Waals surface area (Å²) in [6.45, 7) is 3.27. The summed E-state index contributed by atoms with van der Waals surface area (Å²) in [6, 6.07) is 12.3. The molecule has 14 nitrogen and oxygen atoms in total. The van der Waals surface area contributed by atoms with Crippen molar-refractivity contribution in [1.29, 1.82) is 0 Å². The molecular formula is C40H40Cl2F3N9O5. The van der Waals surface area contributed by atoms with Crippen LogP contribution >= 0.6 is 23.2 Å². The van der Waals surface area contributed by atoms with Crippen molar-refractivity contribution in [2.24, 2.45) is 14.1 Å². The SMILES string of the molecule is COCCN1CC[C@@]2(CCN([C@H]3CCc4cc(-c5cccc(-c6cccc(Nc7nc(C(F)(F)F)nc8c7c(=O)n(C)c(=O)n8C)c6Cl)c5Cl)nc(OC)c43)C2)NC1=O. The van der Waals surface area contributed by atoms with Gasteiger partial charge in [0.1, 0.15) is 11.2 Å². The maximum absolute atomic E-state index is 14.0. The molecule has 59 heavy (non-hydrogen) atoms. The largest absolute Gasteiger partial charge is 0.481 e. The summed E-state index contributed by atoms with van der Waals surface area (Å²) in [5, 5.41) is 6.17. The molecule has 1 aliphatic carbocycles. The molecule has 8 rings (SSSR count). The van der Waals surface area contributed by atoms with Crippen molar-refractivity contribution in [2.45, 2.75) is 43.4 Å². The minimum absolute atomic E-state index is 0.0597. The first-order chi connectivity index (χ1) is 28.1. The molecule has 1 spiro atoms. The predicted octanol–water partition coefficient (Wildman–Crippen LogP) is 6.33. The second kappa shape index (κ2) is 15.4. The van der Waals surface area contributed by atoms with Gasteiger partial charge in [-0.2, -0.15) is 13.2 Å². The molecule has 2 aromatic carbocycles. The quantitative estimate of drug-likeness (QED) is 0.173. The molecule has 5 aromatic rings. The summed E-state index contributed by atoms with van der Waals surface area (Å²) >= 11 is 14.1. The summed E-state index contributed by atoms with van der Waals surface area (Å²) in [6.07, 6.45) is -1.65. The van der Waals surface area contributed by atoms with Gasteiger partial charge in [0, 0.05) is 75.7 Å². The third-order valence-electron chi connectivity index (χ3n) is 11.6. The van der Waals surface area contributed by atoms with E-state index in [0.717, 1.165) is 59.0 Å². The maximum atomic E-state index is 14.0. The van der Waals surface area contributed by atoms with E-state index in [1.165, 1.54) is 20.2 Å². The van der Waals surface area contributed by atoms with Gasteiger partial charge in [0.25, 0.3) is 5.56 Å². The fourth-order valence-corrected chi connectivity index (χ4v) is 9.13. The van der Waals surface area contributed by atoms with Gasteiger partial charge in [-0.15, -0.1) is 0 Å². The molecule has 2 N–H and O–H groups in total. The normalized spacial score (nSPS) is 19.4. The second-order valence-electron chi connectivity index (χ2n) is 15.1. The molecule has 2 atom stereocenters. The number of anilines is 2. The molecule has 2 aliphatic heterocycles. The summed E-state index contributed by atoms with van der Waals surface area (Å²) in [7, 11) is 5.64. The number of amides is 2. The number of nitrogens with one attached hydrogen (secondary N) is 2. The predicted molar refractivity (Wildman–Crippen MR) is 217 cm³/mol. The van der Waals surface area contributed by atoms with Gasteiger partial charge in [-0.05, 0) is 43.4 Å². The van der Waals surface area contributed by atoms with Crippen molar-refractivity contribution < 1.29 is 27.4 Å². The van der Waals surface area contributed by atoms with Crippen LogP contribution < -0.4 is 26.6 Å². The van der Waals surface area contributed by atoms with Gasteiger partial charge in [0.15, 0.2) is 5.65 Å². The molecule has 2 fully saturated rings. The van der Waals surface area contributed by atoms with E-state index in [1.807, 2.05) is 12.1 Å². The van der Waals surface area contributed by atoms with Crippen LogP contribution in [-0.4, -0.2) is 92.5 Å². The summed E-state index contributed by atoms with van der Waals surface area (Å²) in [4.78, 5) is 55.2. The van der Waals surface area contributed by atoms with E-state index in [0.29, 0.717) is 53.0 Å². The highest BCUT2D eigenvalue weighted by Crippen LogP contribution is 2.47. The topological polar surface area (TPSA) is 149 Å². The first-order valence-electron chi connectivity index (χ1n) is 18.9. The van der Waals surface area contributed by atoms with Crippen molar-refractivity contribution in [2.75, 3.05) is 52.3 Å². The zero-order valence-electron chi connectivity index (χ0n) is 32.5. The number of ether oxygens (including phenoxy) is 2. The van der Waals surface area contributed by atoms with Crippen LogP contribution in [0.25, 0.3) is 33.4 Å². The van der Waals surface area contributed by atoms with Gasteiger partial charge in [0.05, 0.1) is 40.7 Å². The Kier molecular flexibility index (Phi) is 10.6. The smallest absolute Gasteiger partial charge is 0.451 e. The van der Waals surface area contributed by atoms with E-state index in [1.54, 1.807) is 43.4 Å². The van der Waals surface area contributed by atoms with Crippen LogP contribution in [0.15, 0.2) is 52.1 Å². The first-order valence-corrected chi connectivity index (χ1v) is 19.7. The number of aromatic nitrogens is 5. The first kappa shape index (κ1) is 40.5. The highest BCUT2D eigenvalue weighted by Gasteiger charge is 2.47. The fraction of sp³-hybridized carbons (Fsp3) is 0.400. The maximum Gasteiger partial charge on any atom is 0.451 e. The molecule has 310 valence electrons. The number of halogens is 5. The number of aryl methyl sites for hydroxylation is 2. The van der Waals surface area contributed by atoms with Crippen molar-refractivity contribution in [1.82, 2.24) is 39.2 Å². The number of urea groups is 1. The molecule has 0 bridgehead atoms. The Morgan fingerprint density at radius 1 is 0.949 bits per heavy atom. The van der Waals surface area contributed by atoms with Crippen LogP contribution in [0, 0.1) is 0 Å². The monoisotopic (exact) mass is 853 g/mol. The van der Waals surface area contributed by atoms with Gasteiger partial charge in [-0.25, -0.2) is 24.5 Å². The Balaban J connectivity index is 1.10. The average molecular weight is 855 g/mol. The Morgan fingerprint density at radius 2 is 1.66 bits per heavy atom. The molecule has 0 unspecified atom stereocenters. The number of alkyl halides is 3. The number of hydrogen-bond donors (Lipinski definition) is 2. The lowest BCUT2D eigenvalue weighted by atomic mass is 9.92. The van der Waals surface area contributed by atoms with Gasteiger partial charge in [-0.1, -0.05) is 53.5 Å².